The first-order chi connectivity index (χ1) is 12.7. The highest BCUT2D eigenvalue weighted by Gasteiger charge is 2.26. The third-order valence-corrected chi connectivity index (χ3v) is 6.12. The molecule has 3 heterocycles. The van der Waals surface area contributed by atoms with E-state index in [1.165, 1.54) is 0 Å². The first-order valence-corrected chi connectivity index (χ1v) is 9.79. The largest absolute Gasteiger partial charge is 0.356 e. The van der Waals surface area contributed by atoms with Gasteiger partial charge >= 0.3 is 0 Å². The van der Waals surface area contributed by atoms with Crippen molar-refractivity contribution in [1.29, 1.82) is 0 Å². The Morgan fingerprint density at radius 3 is 2.69 bits per heavy atom. The first kappa shape index (κ1) is 16.1. The van der Waals surface area contributed by atoms with Crippen LogP contribution in [0.3, 0.4) is 0 Å². The van der Waals surface area contributed by atoms with Crippen LogP contribution in [-0.2, 0) is 13.0 Å². The summed E-state index contributed by atoms with van der Waals surface area (Å²) in [5.41, 5.74) is 4.11. The number of halogens is 2. The Morgan fingerprint density at radius 1 is 1.04 bits per heavy atom. The maximum Gasteiger partial charge on any atom is 0.186 e. The van der Waals surface area contributed by atoms with Crippen LogP contribution in [0.25, 0.3) is 21.5 Å². The molecule has 0 bridgehead atoms. The van der Waals surface area contributed by atoms with Crippen LogP contribution in [0.2, 0.25) is 10.0 Å². The topological polar surface area (TPSA) is 42.2 Å². The Labute approximate surface area is 164 Å². The number of anilines is 1. The molecule has 0 unspecified atom stereocenters. The summed E-state index contributed by atoms with van der Waals surface area (Å²) in [5, 5.41) is 6.70. The highest BCUT2D eigenvalue weighted by atomic mass is 35.5. The SMILES string of the molecule is Clc1ccc(-c2onc3c2CN(c2nc4ccc(Cl)cc4s2)CC3)cc1. The summed E-state index contributed by atoms with van der Waals surface area (Å²) in [6, 6.07) is 13.5. The van der Waals surface area contributed by atoms with Crippen molar-refractivity contribution >= 4 is 49.9 Å². The van der Waals surface area contributed by atoms with Gasteiger partial charge in [-0.1, -0.05) is 39.7 Å². The fourth-order valence-corrected chi connectivity index (χ4v) is 4.62. The van der Waals surface area contributed by atoms with Crippen LogP contribution in [0, 0.1) is 0 Å². The number of aromatic nitrogens is 2. The van der Waals surface area contributed by atoms with Crippen molar-refractivity contribution in [2.45, 2.75) is 13.0 Å². The van der Waals surface area contributed by atoms with Gasteiger partial charge in [-0.3, -0.25) is 0 Å². The lowest BCUT2D eigenvalue weighted by molar-refractivity contribution is 0.424. The molecule has 0 radical (unpaired) electrons. The number of fused-ring (bicyclic) bond motifs is 2. The standard InChI is InChI=1S/C19H13Cl2N3OS/c20-12-3-1-11(2-4-12)18-14-10-24(8-7-15(14)23-25-18)19-22-16-6-5-13(21)9-17(16)26-19/h1-6,9H,7-8,10H2. The van der Waals surface area contributed by atoms with E-state index in [1.807, 2.05) is 42.5 Å². The van der Waals surface area contributed by atoms with Crippen molar-refractivity contribution in [1.82, 2.24) is 10.1 Å². The predicted octanol–water partition coefficient (Wildman–Crippen LogP) is 5.82. The van der Waals surface area contributed by atoms with Gasteiger partial charge in [0.15, 0.2) is 10.9 Å². The van der Waals surface area contributed by atoms with Crippen molar-refractivity contribution in [3.8, 4) is 11.3 Å². The van der Waals surface area contributed by atoms with Gasteiger partial charge in [-0.05, 0) is 42.5 Å². The van der Waals surface area contributed by atoms with Gasteiger partial charge in [-0.15, -0.1) is 0 Å². The number of benzene rings is 2. The van der Waals surface area contributed by atoms with Crippen LogP contribution in [0.4, 0.5) is 5.13 Å². The lowest BCUT2D eigenvalue weighted by Gasteiger charge is -2.25. The Kier molecular flexibility index (Phi) is 3.89. The molecule has 0 N–H and O–H groups in total. The monoisotopic (exact) mass is 401 g/mol. The third kappa shape index (κ3) is 2.76. The minimum absolute atomic E-state index is 0.705. The van der Waals surface area contributed by atoms with Crippen LogP contribution in [0.1, 0.15) is 11.3 Å². The van der Waals surface area contributed by atoms with E-state index in [1.54, 1.807) is 11.3 Å². The highest BCUT2D eigenvalue weighted by molar-refractivity contribution is 7.22. The zero-order chi connectivity index (χ0) is 17.7. The van der Waals surface area contributed by atoms with Gasteiger partial charge in [0.25, 0.3) is 0 Å². The zero-order valence-electron chi connectivity index (χ0n) is 13.6. The maximum absolute atomic E-state index is 6.10. The molecule has 7 heteroatoms. The van der Waals surface area contributed by atoms with Crippen LogP contribution in [-0.4, -0.2) is 16.7 Å². The Hall–Kier alpha value is -2.08. The third-order valence-electron chi connectivity index (χ3n) is 4.55. The van der Waals surface area contributed by atoms with Gasteiger partial charge in [0.05, 0.1) is 22.5 Å². The molecule has 1 aliphatic heterocycles. The molecule has 4 aromatic rings. The molecule has 4 nitrogen and oxygen atoms in total. The molecule has 5 rings (SSSR count). The lowest BCUT2D eigenvalue weighted by atomic mass is 10.0. The van der Waals surface area contributed by atoms with Gasteiger partial charge in [0.2, 0.25) is 0 Å². The summed E-state index contributed by atoms with van der Waals surface area (Å²) in [6.07, 6.45) is 0.836. The number of nitrogens with zero attached hydrogens (tertiary/aromatic N) is 3. The summed E-state index contributed by atoms with van der Waals surface area (Å²) in [4.78, 5) is 7.04. The quantitative estimate of drug-likeness (QED) is 0.424. The molecular weight excluding hydrogens is 389 g/mol. The fraction of sp³-hybridized carbons (Fsp3) is 0.158. The molecule has 0 atom stereocenters. The normalized spacial score (nSPS) is 14.0. The van der Waals surface area contributed by atoms with E-state index in [0.717, 1.165) is 62.5 Å². The van der Waals surface area contributed by atoms with Crippen molar-refractivity contribution < 1.29 is 4.52 Å². The zero-order valence-corrected chi connectivity index (χ0v) is 15.9. The van der Waals surface area contributed by atoms with E-state index in [2.05, 4.69) is 10.1 Å². The molecule has 2 aromatic carbocycles. The van der Waals surface area contributed by atoms with Crippen molar-refractivity contribution in [3.05, 3.63) is 63.8 Å². The molecule has 0 saturated heterocycles. The number of rotatable bonds is 2. The number of thiazole rings is 1. The first-order valence-electron chi connectivity index (χ1n) is 8.22. The summed E-state index contributed by atoms with van der Waals surface area (Å²) in [6.45, 7) is 1.59. The molecule has 0 amide bonds. The predicted molar refractivity (Wildman–Crippen MR) is 106 cm³/mol. The van der Waals surface area contributed by atoms with E-state index in [9.17, 15) is 0 Å². The highest BCUT2D eigenvalue weighted by Crippen LogP contribution is 2.36. The molecule has 0 aliphatic carbocycles. The van der Waals surface area contributed by atoms with E-state index >= 15 is 0 Å². The van der Waals surface area contributed by atoms with Crippen LogP contribution < -0.4 is 4.90 Å². The average Bonchev–Trinajstić information content (AvgIpc) is 3.25. The molecule has 0 fully saturated rings. The second-order valence-corrected chi connectivity index (χ2v) is 8.11. The van der Waals surface area contributed by atoms with Crippen LogP contribution >= 0.6 is 34.5 Å². The Morgan fingerprint density at radius 2 is 1.85 bits per heavy atom. The molecule has 1 aliphatic rings. The smallest absolute Gasteiger partial charge is 0.186 e. The minimum Gasteiger partial charge on any atom is -0.356 e. The second-order valence-electron chi connectivity index (χ2n) is 6.22. The van der Waals surface area contributed by atoms with Gasteiger partial charge in [0.1, 0.15) is 0 Å². The van der Waals surface area contributed by atoms with Gasteiger partial charge in [-0.25, -0.2) is 4.98 Å². The van der Waals surface area contributed by atoms with E-state index in [0.29, 0.717) is 5.02 Å². The van der Waals surface area contributed by atoms with Crippen molar-refractivity contribution in [2.24, 2.45) is 0 Å². The molecule has 2 aromatic heterocycles. The maximum atomic E-state index is 6.10. The molecular formula is C19H13Cl2N3OS. The average molecular weight is 402 g/mol. The number of hydrogen-bond acceptors (Lipinski definition) is 5. The van der Waals surface area contributed by atoms with E-state index in [-0.39, 0.29) is 0 Å². The summed E-state index contributed by atoms with van der Waals surface area (Å²) in [7, 11) is 0. The van der Waals surface area contributed by atoms with Crippen LogP contribution in [0.15, 0.2) is 47.0 Å². The van der Waals surface area contributed by atoms with Gasteiger partial charge < -0.3 is 9.42 Å². The lowest BCUT2D eigenvalue weighted by Crippen LogP contribution is -2.30. The van der Waals surface area contributed by atoms with E-state index < -0.39 is 0 Å². The molecule has 130 valence electrons. The summed E-state index contributed by atoms with van der Waals surface area (Å²) >= 11 is 13.8. The molecule has 26 heavy (non-hydrogen) atoms. The van der Waals surface area contributed by atoms with Crippen molar-refractivity contribution in [2.75, 3.05) is 11.4 Å². The van der Waals surface area contributed by atoms with E-state index in [4.69, 9.17) is 32.7 Å². The summed E-state index contributed by atoms with van der Waals surface area (Å²) in [5.74, 6) is 0.811. The Balaban J connectivity index is 1.50. The van der Waals surface area contributed by atoms with Crippen molar-refractivity contribution in [3.63, 3.8) is 0 Å². The molecule has 0 spiro atoms. The second kappa shape index (κ2) is 6.27. The number of hydrogen-bond donors (Lipinski definition) is 0. The Bertz CT molecular complexity index is 1100. The van der Waals surface area contributed by atoms with Crippen LogP contribution in [0.5, 0.6) is 0 Å². The van der Waals surface area contributed by atoms with Gasteiger partial charge in [0, 0.05) is 34.1 Å². The molecule has 0 saturated carbocycles. The van der Waals surface area contributed by atoms with Gasteiger partial charge in [-0.2, -0.15) is 0 Å². The minimum atomic E-state index is 0.705. The summed E-state index contributed by atoms with van der Waals surface area (Å²) < 4.78 is 6.75. The fourth-order valence-electron chi connectivity index (χ4n) is 3.23.